The average molecular weight is 317 g/mol. The Morgan fingerprint density at radius 2 is 1.81 bits per heavy atom. The van der Waals surface area contributed by atoms with Gasteiger partial charge in [-0.3, -0.25) is 4.99 Å². The van der Waals surface area contributed by atoms with Crippen molar-refractivity contribution in [3.63, 3.8) is 0 Å². The van der Waals surface area contributed by atoms with E-state index >= 15 is 0 Å². The number of benzene rings is 2. The van der Waals surface area contributed by atoms with Crippen LogP contribution in [-0.2, 0) is 0 Å². The Kier molecular flexibility index (Phi) is 4.24. The number of hydrogen-bond acceptors (Lipinski definition) is 3. The van der Waals surface area contributed by atoms with Gasteiger partial charge in [0.15, 0.2) is 0 Å². The molecule has 1 aromatic heterocycles. The summed E-state index contributed by atoms with van der Waals surface area (Å²) in [6.45, 7) is 1.72. The molecular weight excluding hydrogens is 300 g/mol. The van der Waals surface area contributed by atoms with Gasteiger partial charge in [0.05, 0.1) is 11.9 Å². The second kappa shape index (κ2) is 6.14. The molecule has 0 N–H and O–H groups in total. The number of hydrogen-bond donors (Lipinski definition) is 0. The fourth-order valence-electron chi connectivity index (χ4n) is 2.32. The first kappa shape index (κ1) is 14.5. The minimum Gasteiger partial charge on any atom is -0.308 e. The van der Waals surface area contributed by atoms with Crippen molar-refractivity contribution in [2.45, 2.75) is 0 Å². The van der Waals surface area contributed by atoms with Crippen molar-refractivity contribution in [3.05, 3.63) is 52.8 Å². The zero-order valence-corrected chi connectivity index (χ0v) is 13.7. The first-order valence-electron chi connectivity index (χ1n) is 6.91. The zero-order chi connectivity index (χ0) is 14.8. The third-order valence-corrected chi connectivity index (χ3v) is 4.76. The molecule has 21 heavy (non-hydrogen) atoms. The summed E-state index contributed by atoms with van der Waals surface area (Å²) in [5.74, 6) is 0. The molecule has 0 aliphatic carbocycles. The Labute approximate surface area is 133 Å². The highest BCUT2D eigenvalue weighted by molar-refractivity contribution is 7.24. The first-order chi connectivity index (χ1) is 10.1. The highest BCUT2D eigenvalue weighted by atomic mass is 35.5. The van der Waals surface area contributed by atoms with Crippen LogP contribution in [0.15, 0.2) is 47.5 Å². The molecule has 108 valence electrons. The van der Waals surface area contributed by atoms with Crippen LogP contribution >= 0.6 is 22.9 Å². The van der Waals surface area contributed by atoms with Gasteiger partial charge in [-0.1, -0.05) is 29.8 Å². The molecule has 0 saturated heterocycles. The summed E-state index contributed by atoms with van der Waals surface area (Å²) >= 11 is 7.97. The highest BCUT2D eigenvalue weighted by Crippen LogP contribution is 2.26. The van der Waals surface area contributed by atoms with E-state index in [1.54, 1.807) is 11.3 Å². The normalized spacial score (nSPS) is 12.7. The van der Waals surface area contributed by atoms with Gasteiger partial charge >= 0.3 is 0 Å². The van der Waals surface area contributed by atoms with Crippen molar-refractivity contribution in [1.82, 2.24) is 4.90 Å². The molecule has 1 heterocycles. The summed E-state index contributed by atoms with van der Waals surface area (Å²) in [7, 11) is 4.13. The second-order valence-electron chi connectivity index (χ2n) is 5.27. The molecule has 3 aromatic rings. The molecule has 0 fully saturated rings. The van der Waals surface area contributed by atoms with E-state index in [4.69, 9.17) is 16.6 Å². The van der Waals surface area contributed by atoms with Gasteiger partial charge in [-0.25, -0.2) is 0 Å². The fraction of sp³-hybridized carbons (Fsp3) is 0.235. The van der Waals surface area contributed by atoms with Crippen molar-refractivity contribution in [2.75, 3.05) is 27.2 Å². The molecule has 2 nitrogen and oxygen atoms in total. The van der Waals surface area contributed by atoms with Crippen LogP contribution in [0, 0.1) is 0 Å². The van der Waals surface area contributed by atoms with Crippen LogP contribution in [0.4, 0.5) is 0 Å². The molecule has 0 bridgehead atoms. The number of fused-ring (bicyclic) bond motifs is 2. The Bertz CT molecular complexity index is 852. The number of nitrogens with zero attached hydrogens (tertiary/aromatic N) is 2. The maximum atomic E-state index is 6.18. The molecule has 4 heteroatoms. The van der Waals surface area contributed by atoms with Crippen LogP contribution in [0.2, 0.25) is 5.02 Å². The molecule has 0 radical (unpaired) electrons. The molecule has 2 aromatic carbocycles. The second-order valence-corrected chi connectivity index (χ2v) is 6.79. The lowest BCUT2D eigenvalue weighted by Gasteiger charge is -2.07. The van der Waals surface area contributed by atoms with Crippen molar-refractivity contribution >= 4 is 43.1 Å². The van der Waals surface area contributed by atoms with Crippen LogP contribution < -0.4 is 5.36 Å². The lowest BCUT2D eigenvalue weighted by molar-refractivity contribution is 0.419. The van der Waals surface area contributed by atoms with Gasteiger partial charge in [-0.2, -0.15) is 0 Å². The highest BCUT2D eigenvalue weighted by Gasteiger charge is 2.04. The maximum absolute atomic E-state index is 6.18. The Hall–Kier alpha value is -1.42. The fourth-order valence-corrected chi connectivity index (χ4v) is 3.56. The third kappa shape index (κ3) is 3.10. The van der Waals surface area contributed by atoms with Gasteiger partial charge in [0.25, 0.3) is 0 Å². The van der Waals surface area contributed by atoms with Gasteiger partial charge in [0.2, 0.25) is 0 Å². The largest absolute Gasteiger partial charge is 0.308 e. The zero-order valence-electron chi connectivity index (χ0n) is 12.1. The van der Waals surface area contributed by atoms with Gasteiger partial charge in [0.1, 0.15) is 0 Å². The summed E-state index contributed by atoms with van der Waals surface area (Å²) in [6.07, 6.45) is 0. The molecule has 0 atom stereocenters. The van der Waals surface area contributed by atoms with E-state index in [0.29, 0.717) is 0 Å². The predicted molar refractivity (Wildman–Crippen MR) is 93.3 cm³/mol. The SMILES string of the molecule is CN(C)CC/N=c1\c2ccccc2sc2ccc(Cl)cc12. The third-order valence-electron chi connectivity index (χ3n) is 3.38. The van der Waals surface area contributed by atoms with E-state index in [9.17, 15) is 0 Å². The summed E-state index contributed by atoms with van der Waals surface area (Å²) in [5.41, 5.74) is 0. The summed E-state index contributed by atoms with van der Waals surface area (Å²) in [5, 5.41) is 4.17. The lowest BCUT2D eigenvalue weighted by atomic mass is 10.2. The predicted octanol–water partition coefficient (Wildman–Crippen LogP) is 4.17. The van der Waals surface area contributed by atoms with Crippen molar-refractivity contribution < 1.29 is 0 Å². The summed E-state index contributed by atoms with van der Waals surface area (Å²) < 4.78 is 2.48. The molecule has 3 rings (SSSR count). The first-order valence-corrected chi connectivity index (χ1v) is 8.11. The molecule has 0 aliphatic heterocycles. The van der Waals surface area contributed by atoms with Crippen molar-refractivity contribution in [2.24, 2.45) is 4.99 Å². The number of rotatable bonds is 3. The summed E-state index contributed by atoms with van der Waals surface area (Å²) in [6, 6.07) is 14.5. The average Bonchev–Trinajstić information content (AvgIpc) is 2.46. The van der Waals surface area contributed by atoms with Crippen LogP contribution in [-0.4, -0.2) is 32.1 Å². The Morgan fingerprint density at radius 1 is 1.05 bits per heavy atom. The summed E-state index contributed by atoms with van der Waals surface area (Å²) in [4.78, 5) is 7.00. The van der Waals surface area contributed by atoms with Crippen molar-refractivity contribution in [1.29, 1.82) is 0 Å². The molecular formula is C17H17ClN2S. The topological polar surface area (TPSA) is 15.6 Å². The smallest absolute Gasteiger partial charge is 0.0748 e. The lowest BCUT2D eigenvalue weighted by Crippen LogP contribution is -2.17. The van der Waals surface area contributed by atoms with Gasteiger partial charge in [0, 0.05) is 31.7 Å². The van der Waals surface area contributed by atoms with Crippen LogP contribution in [0.25, 0.3) is 20.2 Å². The maximum Gasteiger partial charge on any atom is 0.0748 e. The van der Waals surface area contributed by atoms with E-state index in [2.05, 4.69) is 49.3 Å². The number of halogens is 1. The minimum absolute atomic E-state index is 0.758. The Morgan fingerprint density at radius 3 is 2.62 bits per heavy atom. The van der Waals surface area contributed by atoms with Gasteiger partial charge in [-0.05, 0) is 38.4 Å². The number of likely N-dealkylation sites (N-methyl/N-ethyl adjacent to an activating group) is 1. The van der Waals surface area contributed by atoms with Crippen LogP contribution in [0.3, 0.4) is 0 Å². The van der Waals surface area contributed by atoms with Crippen molar-refractivity contribution in [3.8, 4) is 0 Å². The van der Waals surface area contributed by atoms with E-state index < -0.39 is 0 Å². The molecule has 0 amide bonds. The van der Waals surface area contributed by atoms with Crippen LogP contribution in [0.1, 0.15) is 0 Å². The molecule has 0 unspecified atom stereocenters. The molecule has 0 saturated carbocycles. The van der Waals surface area contributed by atoms with E-state index in [0.717, 1.165) is 28.9 Å². The van der Waals surface area contributed by atoms with Gasteiger partial charge in [-0.15, -0.1) is 11.3 Å². The standard InChI is InChI=1S/C17H17ClN2S/c1-20(2)10-9-19-17-13-5-3-4-6-15(13)21-16-8-7-12(18)11-14(16)17/h3-8,11H,9-10H2,1-2H3/b19-17+. The van der Waals surface area contributed by atoms with E-state index in [1.165, 1.54) is 14.8 Å². The quantitative estimate of drug-likeness (QED) is 0.662. The monoisotopic (exact) mass is 316 g/mol. The Balaban J connectivity index is 2.31. The minimum atomic E-state index is 0.758. The van der Waals surface area contributed by atoms with E-state index in [1.807, 2.05) is 12.1 Å². The van der Waals surface area contributed by atoms with Gasteiger partial charge < -0.3 is 4.90 Å². The van der Waals surface area contributed by atoms with Crippen LogP contribution in [0.5, 0.6) is 0 Å². The molecule has 0 spiro atoms. The van der Waals surface area contributed by atoms with E-state index in [-0.39, 0.29) is 0 Å². The molecule has 0 aliphatic rings.